The Labute approximate surface area is 137 Å². The lowest BCUT2D eigenvalue weighted by atomic mass is 10.2. The van der Waals surface area contributed by atoms with Crippen LogP contribution in [0.15, 0.2) is 42.7 Å². The van der Waals surface area contributed by atoms with Crippen molar-refractivity contribution in [3.8, 4) is 11.5 Å². The molecule has 3 aromatic rings. The van der Waals surface area contributed by atoms with Crippen molar-refractivity contribution in [1.82, 2.24) is 9.38 Å². The molecule has 1 amide bonds. The van der Waals surface area contributed by atoms with Crippen LogP contribution < -0.4 is 14.8 Å². The molecule has 0 aliphatic rings. The Hall–Kier alpha value is -2.73. The number of rotatable bonds is 4. The number of anilines is 1. The Morgan fingerprint density at radius 2 is 2.00 bits per heavy atom. The molecule has 3 rings (SSSR count). The van der Waals surface area contributed by atoms with Crippen molar-refractivity contribution in [2.45, 2.75) is 0 Å². The molecule has 0 aliphatic carbocycles. The highest BCUT2D eigenvalue weighted by atomic mass is 35.5. The number of hydrogen-bond donors (Lipinski definition) is 1. The summed E-state index contributed by atoms with van der Waals surface area (Å²) < 4.78 is 12.1. The van der Waals surface area contributed by atoms with E-state index in [1.165, 1.54) is 14.2 Å². The summed E-state index contributed by atoms with van der Waals surface area (Å²) in [5, 5.41) is 3.21. The highest BCUT2D eigenvalue weighted by molar-refractivity contribution is 6.32. The molecule has 0 bridgehead atoms. The number of ether oxygens (including phenoxy) is 2. The van der Waals surface area contributed by atoms with E-state index in [9.17, 15) is 4.79 Å². The SMILES string of the molecule is COc1cc(NC(=O)c2cccc3nccn23)c(OC)cc1Cl. The number of pyridine rings is 1. The summed E-state index contributed by atoms with van der Waals surface area (Å²) in [6.45, 7) is 0. The molecule has 0 saturated carbocycles. The minimum absolute atomic E-state index is 0.295. The molecule has 1 N–H and O–H groups in total. The number of nitrogens with one attached hydrogen (secondary N) is 1. The van der Waals surface area contributed by atoms with Gasteiger partial charge in [-0.15, -0.1) is 0 Å². The highest BCUT2D eigenvalue weighted by Crippen LogP contribution is 2.36. The third-order valence-corrected chi connectivity index (χ3v) is 3.68. The van der Waals surface area contributed by atoms with Gasteiger partial charge in [0.25, 0.3) is 5.91 Å². The van der Waals surface area contributed by atoms with Crippen LogP contribution in [0.25, 0.3) is 5.65 Å². The van der Waals surface area contributed by atoms with Crippen LogP contribution in [0.3, 0.4) is 0 Å². The Balaban J connectivity index is 1.98. The number of hydrogen-bond acceptors (Lipinski definition) is 4. The molecule has 2 heterocycles. The number of carbonyl (C=O) groups excluding carboxylic acids is 1. The van der Waals surface area contributed by atoms with Crippen LogP contribution in [-0.2, 0) is 0 Å². The van der Waals surface area contributed by atoms with E-state index in [1.54, 1.807) is 41.1 Å². The van der Waals surface area contributed by atoms with Gasteiger partial charge < -0.3 is 14.8 Å². The smallest absolute Gasteiger partial charge is 0.272 e. The van der Waals surface area contributed by atoms with Crippen LogP contribution in [0.2, 0.25) is 5.02 Å². The summed E-state index contributed by atoms with van der Waals surface area (Å²) >= 11 is 6.07. The van der Waals surface area contributed by atoms with Gasteiger partial charge in [0.2, 0.25) is 0 Å². The van der Waals surface area contributed by atoms with Crippen molar-refractivity contribution in [1.29, 1.82) is 0 Å². The molecular formula is C16H14ClN3O3. The molecule has 0 fully saturated rings. The number of fused-ring (bicyclic) bond motifs is 1. The second-order valence-corrected chi connectivity index (χ2v) is 5.11. The van der Waals surface area contributed by atoms with Gasteiger partial charge in [-0.05, 0) is 12.1 Å². The van der Waals surface area contributed by atoms with Crippen molar-refractivity contribution in [2.24, 2.45) is 0 Å². The van der Waals surface area contributed by atoms with Crippen LogP contribution in [-0.4, -0.2) is 29.5 Å². The van der Waals surface area contributed by atoms with Crippen molar-refractivity contribution in [3.05, 3.63) is 53.4 Å². The largest absolute Gasteiger partial charge is 0.495 e. The topological polar surface area (TPSA) is 64.9 Å². The standard InChI is InChI=1S/C16H14ClN3O3/c1-22-13-9-11(14(23-2)8-10(13)17)19-16(21)12-4-3-5-15-18-6-7-20(12)15/h3-9H,1-2H3,(H,19,21). The molecule has 2 aromatic heterocycles. The number of amides is 1. The summed E-state index contributed by atoms with van der Waals surface area (Å²) in [4.78, 5) is 16.8. The van der Waals surface area contributed by atoms with Gasteiger partial charge in [-0.2, -0.15) is 0 Å². The van der Waals surface area contributed by atoms with Crippen molar-refractivity contribution < 1.29 is 14.3 Å². The van der Waals surface area contributed by atoms with Gasteiger partial charge in [0.05, 0.1) is 24.9 Å². The Morgan fingerprint density at radius 3 is 2.74 bits per heavy atom. The van der Waals surface area contributed by atoms with E-state index in [0.717, 1.165) is 0 Å². The highest BCUT2D eigenvalue weighted by Gasteiger charge is 2.15. The number of imidazole rings is 1. The maximum absolute atomic E-state index is 12.6. The molecule has 0 atom stereocenters. The lowest BCUT2D eigenvalue weighted by molar-refractivity contribution is 0.102. The lowest BCUT2D eigenvalue weighted by Crippen LogP contribution is -2.16. The van der Waals surface area contributed by atoms with Gasteiger partial charge in [-0.3, -0.25) is 9.20 Å². The number of halogens is 1. The molecule has 0 spiro atoms. The van der Waals surface area contributed by atoms with E-state index >= 15 is 0 Å². The maximum atomic E-state index is 12.6. The van der Waals surface area contributed by atoms with Crippen molar-refractivity contribution >= 4 is 28.8 Å². The first kappa shape index (κ1) is 15.2. The van der Waals surface area contributed by atoms with Crippen molar-refractivity contribution in [3.63, 3.8) is 0 Å². The molecule has 0 saturated heterocycles. The molecular weight excluding hydrogens is 318 g/mol. The number of nitrogens with zero attached hydrogens (tertiary/aromatic N) is 2. The third-order valence-electron chi connectivity index (χ3n) is 3.38. The van der Waals surface area contributed by atoms with Crippen LogP contribution in [0.5, 0.6) is 11.5 Å². The summed E-state index contributed by atoms with van der Waals surface area (Å²) in [6, 6.07) is 8.52. The molecule has 0 aliphatic heterocycles. The van der Waals surface area contributed by atoms with E-state index in [0.29, 0.717) is 33.6 Å². The minimum Gasteiger partial charge on any atom is -0.495 e. The fourth-order valence-electron chi connectivity index (χ4n) is 2.28. The lowest BCUT2D eigenvalue weighted by Gasteiger charge is -2.13. The van der Waals surface area contributed by atoms with Crippen LogP contribution in [0, 0.1) is 0 Å². The number of carbonyl (C=O) groups is 1. The minimum atomic E-state index is -0.295. The van der Waals surface area contributed by atoms with Crippen LogP contribution in [0.1, 0.15) is 10.5 Å². The summed E-state index contributed by atoms with van der Waals surface area (Å²) in [5.41, 5.74) is 1.62. The van der Waals surface area contributed by atoms with Crippen molar-refractivity contribution in [2.75, 3.05) is 19.5 Å². The zero-order valence-corrected chi connectivity index (χ0v) is 13.3. The average molecular weight is 332 g/mol. The number of aromatic nitrogens is 2. The maximum Gasteiger partial charge on any atom is 0.272 e. The Bertz CT molecular complexity index is 876. The van der Waals surface area contributed by atoms with Gasteiger partial charge in [-0.1, -0.05) is 17.7 Å². The first-order valence-electron chi connectivity index (χ1n) is 6.79. The molecule has 7 heteroatoms. The van der Waals surface area contributed by atoms with Gasteiger partial charge in [0, 0.05) is 24.5 Å². The first-order valence-corrected chi connectivity index (χ1v) is 7.17. The fourth-order valence-corrected chi connectivity index (χ4v) is 2.51. The predicted octanol–water partition coefficient (Wildman–Crippen LogP) is 3.26. The molecule has 0 unspecified atom stereocenters. The van der Waals surface area contributed by atoms with E-state index in [4.69, 9.17) is 21.1 Å². The molecule has 23 heavy (non-hydrogen) atoms. The fraction of sp³-hybridized carbons (Fsp3) is 0.125. The molecule has 1 aromatic carbocycles. The third kappa shape index (κ3) is 2.80. The second-order valence-electron chi connectivity index (χ2n) is 4.71. The summed E-state index contributed by atoms with van der Waals surface area (Å²) in [5.74, 6) is 0.599. The quantitative estimate of drug-likeness (QED) is 0.797. The Morgan fingerprint density at radius 1 is 1.22 bits per heavy atom. The van der Waals surface area contributed by atoms with E-state index in [1.807, 2.05) is 6.07 Å². The number of methoxy groups -OCH3 is 2. The van der Waals surface area contributed by atoms with E-state index < -0.39 is 0 Å². The molecule has 0 radical (unpaired) electrons. The zero-order valence-electron chi connectivity index (χ0n) is 12.5. The second kappa shape index (κ2) is 6.18. The van der Waals surface area contributed by atoms with E-state index in [-0.39, 0.29) is 5.91 Å². The zero-order chi connectivity index (χ0) is 16.4. The van der Waals surface area contributed by atoms with Gasteiger partial charge >= 0.3 is 0 Å². The van der Waals surface area contributed by atoms with E-state index in [2.05, 4.69) is 10.3 Å². The van der Waals surface area contributed by atoms with Gasteiger partial charge in [0.15, 0.2) is 0 Å². The molecule has 118 valence electrons. The summed E-state index contributed by atoms with van der Waals surface area (Å²) in [6.07, 6.45) is 3.36. The molecule has 6 nitrogen and oxygen atoms in total. The van der Waals surface area contributed by atoms with Gasteiger partial charge in [0.1, 0.15) is 22.8 Å². The van der Waals surface area contributed by atoms with Crippen LogP contribution in [0.4, 0.5) is 5.69 Å². The summed E-state index contributed by atoms with van der Waals surface area (Å²) in [7, 11) is 3.01. The number of benzene rings is 1. The normalized spacial score (nSPS) is 10.6. The first-order chi connectivity index (χ1) is 11.1. The average Bonchev–Trinajstić information content (AvgIpc) is 3.04. The Kier molecular flexibility index (Phi) is 4.08. The van der Waals surface area contributed by atoms with Gasteiger partial charge in [-0.25, -0.2) is 4.98 Å². The predicted molar refractivity (Wildman–Crippen MR) is 87.7 cm³/mol. The van der Waals surface area contributed by atoms with Crippen LogP contribution >= 0.6 is 11.6 Å². The monoisotopic (exact) mass is 331 g/mol.